The third-order valence-electron chi connectivity index (χ3n) is 2.28. The molecular weight excluding hydrogens is 248 g/mol. The average molecular weight is 264 g/mol. The zero-order chi connectivity index (χ0) is 14.3. The fourth-order valence-electron chi connectivity index (χ4n) is 1.41. The molecule has 0 heterocycles. The van der Waals surface area contributed by atoms with Crippen LogP contribution in [-0.4, -0.2) is 31.4 Å². The second-order valence-electron chi connectivity index (χ2n) is 3.74. The largest absolute Gasteiger partial charge is 0.469 e. The monoisotopic (exact) mass is 264 g/mol. The highest BCUT2D eigenvalue weighted by Crippen LogP contribution is 2.11. The minimum atomic E-state index is -0.614. The number of nitrogens with one attached hydrogen (secondary N) is 2. The molecular formula is C13H16N2O4. The lowest BCUT2D eigenvalue weighted by molar-refractivity contribution is -0.142. The van der Waals surface area contributed by atoms with E-state index >= 15 is 0 Å². The summed E-state index contributed by atoms with van der Waals surface area (Å²) in [7, 11) is 1.21. The van der Waals surface area contributed by atoms with Crippen LogP contribution in [0.15, 0.2) is 24.3 Å². The van der Waals surface area contributed by atoms with Gasteiger partial charge in [0.2, 0.25) is 5.91 Å². The summed E-state index contributed by atoms with van der Waals surface area (Å²) < 4.78 is 4.39. The smallest absolute Gasteiger partial charge is 0.315 e. The number of esters is 1. The maximum absolute atomic E-state index is 11.6. The van der Waals surface area contributed by atoms with E-state index in [4.69, 9.17) is 0 Å². The van der Waals surface area contributed by atoms with Crippen LogP contribution in [0.5, 0.6) is 0 Å². The number of carbonyl (C=O) groups excluding carboxylic acids is 3. The quantitative estimate of drug-likeness (QED) is 0.612. The van der Waals surface area contributed by atoms with Crippen molar-refractivity contribution in [3.05, 3.63) is 29.8 Å². The van der Waals surface area contributed by atoms with Crippen LogP contribution in [0.3, 0.4) is 0 Å². The van der Waals surface area contributed by atoms with Crippen molar-refractivity contribution in [1.82, 2.24) is 5.32 Å². The van der Waals surface area contributed by atoms with Crippen molar-refractivity contribution in [2.24, 2.45) is 0 Å². The maximum atomic E-state index is 11.6. The molecule has 0 saturated carbocycles. The van der Waals surface area contributed by atoms with E-state index in [1.165, 1.54) is 7.11 Å². The highest BCUT2D eigenvalue weighted by molar-refractivity contribution is 6.02. The number of methoxy groups -OCH3 is 1. The Hall–Kier alpha value is -2.37. The molecule has 1 rings (SSSR count). The molecule has 102 valence electrons. The number of anilines is 1. The van der Waals surface area contributed by atoms with Crippen LogP contribution in [0.25, 0.3) is 0 Å². The van der Waals surface area contributed by atoms with Gasteiger partial charge < -0.3 is 15.4 Å². The average Bonchev–Trinajstić information content (AvgIpc) is 2.39. The Morgan fingerprint density at radius 3 is 2.63 bits per heavy atom. The van der Waals surface area contributed by atoms with Gasteiger partial charge >= 0.3 is 5.97 Å². The van der Waals surface area contributed by atoms with Crippen LogP contribution in [0.4, 0.5) is 5.69 Å². The van der Waals surface area contributed by atoms with E-state index in [2.05, 4.69) is 15.4 Å². The summed E-state index contributed by atoms with van der Waals surface area (Å²) in [6.07, 6.45) is -0.359. The Kier molecular flexibility index (Phi) is 5.53. The third-order valence-corrected chi connectivity index (χ3v) is 2.28. The van der Waals surface area contributed by atoms with Crippen LogP contribution in [-0.2, 0) is 14.3 Å². The Balaban J connectivity index is 2.69. The molecule has 0 bridgehead atoms. The number of hydrogen-bond acceptors (Lipinski definition) is 4. The number of carbonyl (C=O) groups is 3. The molecule has 0 aliphatic heterocycles. The van der Waals surface area contributed by atoms with E-state index in [0.29, 0.717) is 17.8 Å². The van der Waals surface area contributed by atoms with Crippen LogP contribution in [0.1, 0.15) is 23.7 Å². The highest BCUT2D eigenvalue weighted by Gasteiger charge is 2.10. The summed E-state index contributed by atoms with van der Waals surface area (Å²) in [5.74, 6) is -1.32. The number of hydrogen-bond donors (Lipinski definition) is 2. The van der Waals surface area contributed by atoms with Gasteiger partial charge in [-0.2, -0.15) is 0 Å². The molecule has 0 atom stereocenters. The summed E-state index contributed by atoms with van der Waals surface area (Å²) >= 11 is 0. The summed E-state index contributed by atoms with van der Waals surface area (Å²) in [6, 6.07) is 6.47. The van der Waals surface area contributed by atoms with E-state index in [1.807, 2.05) is 6.92 Å². The molecule has 6 heteroatoms. The van der Waals surface area contributed by atoms with Crippen molar-refractivity contribution in [2.75, 3.05) is 19.0 Å². The van der Waals surface area contributed by atoms with Gasteiger partial charge in [0.15, 0.2) is 0 Å². The predicted octanol–water partition coefficient (Wildman–Crippen LogP) is 0.938. The first-order valence-corrected chi connectivity index (χ1v) is 5.81. The van der Waals surface area contributed by atoms with Crippen molar-refractivity contribution in [2.45, 2.75) is 13.3 Å². The van der Waals surface area contributed by atoms with Gasteiger partial charge in [-0.15, -0.1) is 0 Å². The molecule has 0 aromatic heterocycles. The van der Waals surface area contributed by atoms with Crippen molar-refractivity contribution in [3.8, 4) is 0 Å². The molecule has 0 saturated heterocycles. The van der Waals surface area contributed by atoms with Crippen LogP contribution < -0.4 is 10.6 Å². The molecule has 6 nitrogen and oxygen atoms in total. The van der Waals surface area contributed by atoms with Gasteiger partial charge in [-0.1, -0.05) is 6.07 Å². The standard InChI is InChI=1S/C13H16N2O4/c1-3-14-13(18)9-5-4-6-10(7-9)15-11(16)8-12(17)19-2/h4-7H,3,8H2,1-2H3,(H,14,18)(H,15,16). The maximum Gasteiger partial charge on any atom is 0.315 e. The summed E-state index contributed by atoms with van der Waals surface area (Å²) in [5.41, 5.74) is 0.898. The summed E-state index contributed by atoms with van der Waals surface area (Å²) in [6.45, 7) is 2.34. The second kappa shape index (κ2) is 7.15. The van der Waals surface area contributed by atoms with Gasteiger partial charge in [0.25, 0.3) is 5.91 Å². The molecule has 0 aliphatic rings. The van der Waals surface area contributed by atoms with Crippen LogP contribution >= 0.6 is 0 Å². The zero-order valence-corrected chi connectivity index (χ0v) is 10.9. The van der Waals surface area contributed by atoms with Gasteiger partial charge in [0, 0.05) is 17.8 Å². The Labute approximate surface area is 111 Å². The molecule has 0 spiro atoms. The van der Waals surface area contributed by atoms with Crippen molar-refractivity contribution in [1.29, 1.82) is 0 Å². The molecule has 0 unspecified atom stereocenters. The fraction of sp³-hybridized carbons (Fsp3) is 0.308. The summed E-state index contributed by atoms with van der Waals surface area (Å²) in [5, 5.41) is 5.18. The lowest BCUT2D eigenvalue weighted by atomic mass is 10.2. The van der Waals surface area contributed by atoms with Crippen molar-refractivity contribution < 1.29 is 19.1 Å². The van der Waals surface area contributed by atoms with Gasteiger partial charge in [0.1, 0.15) is 6.42 Å². The summed E-state index contributed by atoms with van der Waals surface area (Å²) in [4.78, 5) is 34.0. The van der Waals surface area contributed by atoms with E-state index in [9.17, 15) is 14.4 Å². The first kappa shape index (κ1) is 14.7. The number of ether oxygens (including phenoxy) is 1. The minimum Gasteiger partial charge on any atom is -0.469 e. The van der Waals surface area contributed by atoms with Crippen molar-refractivity contribution >= 4 is 23.5 Å². The first-order chi connectivity index (χ1) is 9.06. The molecule has 1 aromatic rings. The molecule has 19 heavy (non-hydrogen) atoms. The van der Waals surface area contributed by atoms with Gasteiger partial charge in [-0.3, -0.25) is 14.4 Å². The van der Waals surface area contributed by atoms with Crippen LogP contribution in [0, 0.1) is 0 Å². The lowest BCUT2D eigenvalue weighted by Crippen LogP contribution is -2.23. The number of amides is 2. The van der Waals surface area contributed by atoms with E-state index in [0.717, 1.165) is 0 Å². The normalized spacial score (nSPS) is 9.58. The molecule has 0 fully saturated rings. The fourth-order valence-corrected chi connectivity index (χ4v) is 1.41. The second-order valence-corrected chi connectivity index (χ2v) is 3.74. The molecule has 0 aliphatic carbocycles. The topological polar surface area (TPSA) is 84.5 Å². The highest BCUT2D eigenvalue weighted by atomic mass is 16.5. The lowest BCUT2D eigenvalue weighted by Gasteiger charge is -2.07. The van der Waals surface area contributed by atoms with Gasteiger partial charge in [-0.05, 0) is 25.1 Å². The van der Waals surface area contributed by atoms with E-state index in [-0.39, 0.29) is 12.3 Å². The molecule has 1 aromatic carbocycles. The molecule has 0 radical (unpaired) electrons. The predicted molar refractivity (Wildman–Crippen MR) is 69.7 cm³/mol. The SMILES string of the molecule is CCNC(=O)c1cccc(NC(=O)CC(=O)OC)c1. The third kappa shape index (κ3) is 4.79. The van der Waals surface area contributed by atoms with Gasteiger partial charge in [-0.25, -0.2) is 0 Å². The number of benzene rings is 1. The zero-order valence-electron chi connectivity index (χ0n) is 10.9. The number of rotatable bonds is 5. The van der Waals surface area contributed by atoms with Crippen LogP contribution in [0.2, 0.25) is 0 Å². The Bertz CT molecular complexity index is 485. The Morgan fingerprint density at radius 2 is 2.00 bits per heavy atom. The first-order valence-electron chi connectivity index (χ1n) is 5.81. The molecule has 2 N–H and O–H groups in total. The van der Waals surface area contributed by atoms with E-state index < -0.39 is 11.9 Å². The van der Waals surface area contributed by atoms with Crippen molar-refractivity contribution in [3.63, 3.8) is 0 Å². The van der Waals surface area contributed by atoms with Gasteiger partial charge in [0.05, 0.1) is 7.11 Å². The molecule has 2 amide bonds. The Morgan fingerprint density at radius 1 is 1.26 bits per heavy atom. The van der Waals surface area contributed by atoms with E-state index in [1.54, 1.807) is 24.3 Å². The minimum absolute atomic E-state index is 0.216.